The largest absolute Gasteiger partial charge is 0.494 e. The van der Waals surface area contributed by atoms with E-state index in [-0.39, 0.29) is 23.2 Å². The van der Waals surface area contributed by atoms with Gasteiger partial charge in [0.1, 0.15) is 40.5 Å². The Hall–Kier alpha value is -8.03. The van der Waals surface area contributed by atoms with Gasteiger partial charge in [0.05, 0.1) is 12.3 Å². The van der Waals surface area contributed by atoms with Crippen LogP contribution in [0.5, 0.6) is 11.5 Å². The van der Waals surface area contributed by atoms with Crippen LogP contribution in [0.4, 0.5) is 25.5 Å². The number of nitrogens with zero attached hydrogens (tertiary/aromatic N) is 5. The van der Waals surface area contributed by atoms with Crippen molar-refractivity contribution < 1.29 is 32.9 Å². The number of fused-ring (bicyclic) bond motifs is 1. The Morgan fingerprint density at radius 1 is 0.733 bits per heavy atom. The topological polar surface area (TPSA) is 120 Å². The molecule has 1 aliphatic heterocycles. The summed E-state index contributed by atoms with van der Waals surface area (Å²) in [4.78, 5) is 41.1. The van der Waals surface area contributed by atoms with Crippen molar-refractivity contribution in [2.45, 2.75) is 90.2 Å². The van der Waals surface area contributed by atoms with E-state index in [1.807, 2.05) is 104 Å². The Morgan fingerprint density at radius 3 is 1.81 bits per heavy atom. The van der Waals surface area contributed by atoms with E-state index in [0.717, 1.165) is 53.1 Å². The van der Waals surface area contributed by atoms with Gasteiger partial charge in [-0.1, -0.05) is 121 Å². The molecule has 1 aliphatic rings. The highest BCUT2D eigenvalue weighted by Crippen LogP contribution is 2.46. The first kappa shape index (κ1) is 51.9. The van der Waals surface area contributed by atoms with E-state index >= 15 is 4.39 Å². The maximum Gasteiger partial charge on any atom is 0.425 e. The lowest BCUT2D eigenvalue weighted by atomic mass is 9.76. The molecule has 13 heteroatoms. The summed E-state index contributed by atoms with van der Waals surface area (Å²) in [5.41, 5.74) is 2.18. The third-order valence-electron chi connectivity index (χ3n) is 13.0. The molecule has 1 unspecified atom stereocenters. The Bertz CT molecular complexity index is 3120. The molecule has 1 saturated heterocycles. The molecule has 0 radical (unpaired) electrons. The fourth-order valence-electron chi connectivity index (χ4n) is 9.73. The lowest BCUT2D eigenvalue weighted by Gasteiger charge is -2.39. The summed E-state index contributed by atoms with van der Waals surface area (Å²) in [5.74, 6) is 0.446. The maximum absolute atomic E-state index is 18.3. The zero-order valence-electron chi connectivity index (χ0n) is 43.9. The normalized spacial score (nSPS) is 14.0. The number of amides is 2. The second-order valence-corrected chi connectivity index (χ2v) is 20.9. The average molecular weight is 1010 g/mol. The number of imide groups is 1. The molecule has 12 nitrogen and oxygen atoms in total. The molecule has 1 N–H and O–H groups in total. The number of imidazole rings is 1. The van der Waals surface area contributed by atoms with Gasteiger partial charge >= 0.3 is 12.2 Å². The quantitative estimate of drug-likeness (QED) is 0.105. The highest BCUT2D eigenvalue weighted by Gasteiger charge is 2.43. The fourth-order valence-corrected chi connectivity index (χ4v) is 9.73. The summed E-state index contributed by atoms with van der Waals surface area (Å²) in [5, 5.41) is 4.85. The number of benzene rings is 6. The van der Waals surface area contributed by atoms with Gasteiger partial charge in [0.2, 0.25) is 0 Å². The number of ether oxygens (including phenoxy) is 4. The second-order valence-electron chi connectivity index (χ2n) is 20.9. The Balaban J connectivity index is 1.31. The number of hydrogen-bond donors (Lipinski definition) is 1. The molecule has 0 spiro atoms. The fraction of sp³-hybridized carbons (Fsp3) is 0.290. The van der Waals surface area contributed by atoms with Crippen molar-refractivity contribution in [3.63, 3.8) is 0 Å². The summed E-state index contributed by atoms with van der Waals surface area (Å²) in [6.07, 6.45) is 2.95. The summed E-state index contributed by atoms with van der Waals surface area (Å²) in [6.45, 7) is 14.2. The molecule has 1 fully saturated rings. The average Bonchev–Trinajstić information content (AvgIpc) is 3.86. The van der Waals surface area contributed by atoms with E-state index in [1.54, 1.807) is 65.8 Å². The van der Waals surface area contributed by atoms with Crippen LogP contribution < -0.4 is 19.7 Å². The summed E-state index contributed by atoms with van der Waals surface area (Å²) >= 11 is 0. The molecule has 9 rings (SSSR count). The SMILES string of the molecule is CCOc1cc(OC2CCN(C)CC2)c(F)c(C(Nc2ccc3c(N(C(=O)OC(C)(C)C)C(=O)OC(C)(C)C)nccc3c2)c2nc(-c3ccccc3)cn2C(c2ccccc2)(c2ccccc2)c2ccccc2)c1. The Morgan fingerprint density at radius 2 is 1.28 bits per heavy atom. The van der Waals surface area contributed by atoms with Crippen LogP contribution in [0.3, 0.4) is 0 Å². The zero-order chi connectivity index (χ0) is 52.9. The minimum absolute atomic E-state index is 0.0201. The molecule has 75 heavy (non-hydrogen) atoms. The van der Waals surface area contributed by atoms with Crippen LogP contribution in [0.25, 0.3) is 22.0 Å². The minimum Gasteiger partial charge on any atom is -0.494 e. The van der Waals surface area contributed by atoms with Crippen LogP contribution in [0.1, 0.15) is 95.4 Å². The first-order valence-corrected chi connectivity index (χ1v) is 25.6. The molecule has 1 atom stereocenters. The molecule has 3 heterocycles. The molecule has 386 valence electrons. The molecule has 2 amide bonds. The number of carbonyl (C=O) groups is 2. The molecular formula is C62H65FN6O6. The number of nitrogens with one attached hydrogen (secondary N) is 1. The highest BCUT2D eigenvalue weighted by atomic mass is 19.1. The van der Waals surface area contributed by atoms with Gasteiger partial charge in [-0.25, -0.2) is 23.9 Å². The zero-order valence-corrected chi connectivity index (χ0v) is 43.9. The van der Waals surface area contributed by atoms with Crippen LogP contribution in [0, 0.1) is 5.82 Å². The van der Waals surface area contributed by atoms with Gasteiger partial charge in [0, 0.05) is 53.8 Å². The number of pyridine rings is 1. The van der Waals surface area contributed by atoms with E-state index in [2.05, 4.69) is 69.4 Å². The number of anilines is 2. The monoisotopic (exact) mass is 1010 g/mol. The van der Waals surface area contributed by atoms with Crippen molar-refractivity contribution in [3.8, 4) is 22.8 Å². The molecular weight excluding hydrogens is 944 g/mol. The molecule has 0 aliphatic carbocycles. The van der Waals surface area contributed by atoms with Gasteiger partial charge in [0.15, 0.2) is 17.4 Å². The third-order valence-corrected chi connectivity index (χ3v) is 13.0. The number of hydrogen-bond acceptors (Lipinski definition) is 10. The number of rotatable bonds is 14. The predicted molar refractivity (Wildman–Crippen MR) is 293 cm³/mol. The molecule has 6 aromatic carbocycles. The van der Waals surface area contributed by atoms with Crippen LogP contribution in [0.2, 0.25) is 0 Å². The summed E-state index contributed by atoms with van der Waals surface area (Å²) in [7, 11) is 2.08. The first-order valence-electron chi connectivity index (χ1n) is 25.6. The van der Waals surface area contributed by atoms with Gasteiger partial charge in [-0.15, -0.1) is 0 Å². The van der Waals surface area contributed by atoms with Crippen molar-refractivity contribution >= 4 is 34.5 Å². The molecule has 2 aromatic heterocycles. The lowest BCUT2D eigenvalue weighted by Crippen LogP contribution is -2.44. The van der Waals surface area contributed by atoms with E-state index < -0.39 is 40.8 Å². The number of carbonyl (C=O) groups excluding carboxylic acids is 2. The molecule has 8 aromatic rings. The lowest BCUT2D eigenvalue weighted by molar-refractivity contribution is 0.0429. The van der Waals surface area contributed by atoms with Gasteiger partial charge in [-0.3, -0.25) is 0 Å². The van der Waals surface area contributed by atoms with Gasteiger partial charge in [-0.2, -0.15) is 4.90 Å². The van der Waals surface area contributed by atoms with Crippen molar-refractivity contribution in [1.29, 1.82) is 0 Å². The molecule has 0 saturated carbocycles. The Labute approximate surface area is 439 Å². The van der Waals surface area contributed by atoms with Crippen LogP contribution in [0.15, 0.2) is 170 Å². The Kier molecular flexibility index (Phi) is 15.1. The summed E-state index contributed by atoms with van der Waals surface area (Å²) < 4.78 is 44.9. The van der Waals surface area contributed by atoms with E-state index in [0.29, 0.717) is 40.3 Å². The predicted octanol–water partition coefficient (Wildman–Crippen LogP) is 13.8. The van der Waals surface area contributed by atoms with Crippen molar-refractivity contribution in [2.75, 3.05) is 37.0 Å². The van der Waals surface area contributed by atoms with Gasteiger partial charge < -0.3 is 33.7 Å². The smallest absolute Gasteiger partial charge is 0.425 e. The van der Waals surface area contributed by atoms with Crippen LogP contribution >= 0.6 is 0 Å². The number of halogens is 1. The summed E-state index contributed by atoms with van der Waals surface area (Å²) in [6, 6.07) is 50.4. The van der Waals surface area contributed by atoms with Crippen molar-refractivity contribution in [1.82, 2.24) is 19.4 Å². The van der Waals surface area contributed by atoms with E-state index in [9.17, 15) is 9.59 Å². The van der Waals surface area contributed by atoms with Crippen LogP contribution in [-0.2, 0) is 15.0 Å². The van der Waals surface area contributed by atoms with E-state index in [1.165, 1.54) is 6.20 Å². The first-order chi connectivity index (χ1) is 36.0. The van der Waals surface area contributed by atoms with Gasteiger partial charge in [0.25, 0.3) is 0 Å². The third kappa shape index (κ3) is 11.4. The highest BCUT2D eigenvalue weighted by molar-refractivity contribution is 6.14. The van der Waals surface area contributed by atoms with Crippen molar-refractivity contribution in [2.24, 2.45) is 0 Å². The molecule has 0 bridgehead atoms. The van der Waals surface area contributed by atoms with Crippen LogP contribution in [-0.4, -0.2) is 75.7 Å². The van der Waals surface area contributed by atoms with E-state index in [4.69, 9.17) is 23.9 Å². The minimum atomic E-state index is -1.09. The second kappa shape index (κ2) is 21.8. The number of piperidine rings is 1. The van der Waals surface area contributed by atoms with Gasteiger partial charge in [-0.05, 0) is 121 Å². The maximum atomic E-state index is 18.3. The standard InChI is InChI=1S/C62H65FN6O6/c1-9-72-49-39-51(54(63)53(40-49)73-48-33-36-67(8)37-34-48)55(65-47-30-31-50-43(38-47)32-35-64-56(50)69(58(70)74-60(2,3)4)59(71)75-61(5,6)7)57-66-52(42-22-14-10-15-23-42)41-68(57)62(44-24-16-11-17-25-44,45-26-18-12-19-27-45)46-28-20-13-21-29-46/h10-32,35,38-41,48,55,65H,9,33-34,36-37H2,1-8H3. The van der Waals surface area contributed by atoms with Crippen molar-refractivity contribution in [3.05, 3.63) is 204 Å². The number of likely N-dealkylation sites (tertiary alicyclic amines) is 1. The number of aromatic nitrogens is 3.